The number of benzene rings is 1. The third-order valence-corrected chi connectivity index (χ3v) is 4.10. The number of fused-ring (bicyclic) bond motifs is 1. The summed E-state index contributed by atoms with van der Waals surface area (Å²) in [6.45, 7) is 4.14. The Balaban J connectivity index is 2.04. The number of hydrogen-bond donors (Lipinski definition) is 0. The Bertz CT molecular complexity index is 722. The first-order valence-corrected chi connectivity index (χ1v) is 8.78. The van der Waals surface area contributed by atoms with E-state index in [1.165, 1.54) is 0 Å². The van der Waals surface area contributed by atoms with Gasteiger partial charge in [0.05, 0.1) is 31.9 Å². The van der Waals surface area contributed by atoms with E-state index in [4.69, 9.17) is 14.2 Å². The first kappa shape index (κ1) is 15.8. The van der Waals surface area contributed by atoms with Crippen LogP contribution in [0.3, 0.4) is 0 Å². The molecule has 5 nitrogen and oxygen atoms in total. The average molecular weight is 415 g/mol. The van der Waals surface area contributed by atoms with E-state index in [1.807, 2.05) is 25.1 Å². The molecule has 1 aliphatic heterocycles. The van der Waals surface area contributed by atoms with Crippen LogP contribution in [0, 0.1) is 6.92 Å². The molecular formula is C16H18INO4. The van der Waals surface area contributed by atoms with Gasteiger partial charge in [0.2, 0.25) is 0 Å². The van der Waals surface area contributed by atoms with Crippen LogP contribution in [0.5, 0.6) is 5.75 Å². The zero-order valence-electron chi connectivity index (χ0n) is 12.4. The van der Waals surface area contributed by atoms with Gasteiger partial charge in [-0.1, -0.05) is 22.6 Å². The van der Waals surface area contributed by atoms with Gasteiger partial charge in [-0.2, -0.15) is 0 Å². The molecule has 6 heteroatoms. The van der Waals surface area contributed by atoms with Crippen molar-refractivity contribution in [2.75, 3.05) is 24.2 Å². The first-order chi connectivity index (χ1) is 10.7. The molecular weight excluding hydrogens is 397 g/mol. The van der Waals surface area contributed by atoms with Crippen LogP contribution in [0.15, 0.2) is 29.1 Å². The molecule has 0 radical (unpaired) electrons. The highest BCUT2D eigenvalue weighted by atomic mass is 127. The van der Waals surface area contributed by atoms with Gasteiger partial charge in [-0.15, -0.1) is 0 Å². The lowest BCUT2D eigenvalue weighted by atomic mass is 10.1. The van der Waals surface area contributed by atoms with Gasteiger partial charge in [-0.25, -0.2) is 0 Å². The van der Waals surface area contributed by atoms with E-state index in [1.54, 1.807) is 10.6 Å². The maximum atomic E-state index is 12.4. The summed E-state index contributed by atoms with van der Waals surface area (Å²) in [6, 6.07) is 7.52. The number of hydrogen-bond acceptors (Lipinski definition) is 4. The van der Waals surface area contributed by atoms with Gasteiger partial charge in [0, 0.05) is 21.9 Å². The molecule has 0 N–H and O–H groups in total. The van der Waals surface area contributed by atoms with Crippen LogP contribution in [0.4, 0.5) is 0 Å². The van der Waals surface area contributed by atoms with Crippen molar-refractivity contribution < 1.29 is 14.2 Å². The molecule has 0 saturated carbocycles. The van der Waals surface area contributed by atoms with E-state index in [2.05, 4.69) is 22.6 Å². The maximum Gasteiger partial charge on any atom is 0.251 e. The predicted octanol–water partition coefficient (Wildman–Crippen LogP) is 2.50. The molecule has 0 aliphatic carbocycles. The lowest BCUT2D eigenvalue weighted by Gasteiger charge is -2.16. The second-order valence-corrected chi connectivity index (χ2v) is 6.24. The summed E-state index contributed by atoms with van der Waals surface area (Å²) < 4.78 is 19.2. The van der Waals surface area contributed by atoms with E-state index >= 15 is 0 Å². The van der Waals surface area contributed by atoms with Crippen LogP contribution < -0.4 is 10.3 Å². The molecule has 2 heterocycles. The molecule has 118 valence electrons. The fourth-order valence-electron chi connectivity index (χ4n) is 2.62. The summed E-state index contributed by atoms with van der Waals surface area (Å²) in [5.41, 5.74) is 1.77. The van der Waals surface area contributed by atoms with Gasteiger partial charge in [0.1, 0.15) is 5.75 Å². The summed E-state index contributed by atoms with van der Waals surface area (Å²) in [6.07, 6.45) is -0.359. The molecule has 0 bridgehead atoms. The minimum absolute atomic E-state index is 0.0462. The number of alkyl halides is 1. The fourth-order valence-corrected chi connectivity index (χ4v) is 2.84. The number of aromatic nitrogens is 1. The molecule has 0 spiro atoms. The van der Waals surface area contributed by atoms with Crippen LogP contribution >= 0.6 is 22.6 Å². The normalized spacial score (nSPS) is 15.5. The Morgan fingerprint density at radius 1 is 1.32 bits per heavy atom. The molecule has 0 atom stereocenters. The Kier molecular flexibility index (Phi) is 5.00. The fraction of sp³-hybridized carbons (Fsp3) is 0.438. The van der Waals surface area contributed by atoms with Crippen molar-refractivity contribution in [3.05, 3.63) is 40.2 Å². The largest absolute Gasteiger partial charge is 0.493 e. The second kappa shape index (κ2) is 6.97. The van der Waals surface area contributed by atoms with Crippen molar-refractivity contribution in [2.45, 2.75) is 19.8 Å². The standard InChI is InChI=1S/C16H18INO4/c1-11-8-15(19)18(10-16-21-6-7-22-16)14-9-12(20-5-4-17)2-3-13(11)14/h2-3,8-9,16H,4-7,10H2,1H3. The number of aryl methyl sites for hydroxylation is 1. The van der Waals surface area contributed by atoms with Crippen molar-refractivity contribution in [1.29, 1.82) is 0 Å². The summed E-state index contributed by atoms with van der Waals surface area (Å²) in [7, 11) is 0. The smallest absolute Gasteiger partial charge is 0.251 e. The quantitative estimate of drug-likeness (QED) is 0.557. The van der Waals surface area contributed by atoms with Crippen LogP contribution in [0.25, 0.3) is 10.9 Å². The van der Waals surface area contributed by atoms with Crippen LogP contribution in [0.1, 0.15) is 5.56 Å². The van der Waals surface area contributed by atoms with Gasteiger partial charge in [-0.3, -0.25) is 4.79 Å². The molecule has 1 fully saturated rings. The highest BCUT2D eigenvalue weighted by Crippen LogP contribution is 2.23. The number of nitrogens with zero attached hydrogens (tertiary/aromatic N) is 1. The van der Waals surface area contributed by atoms with E-state index < -0.39 is 0 Å². The Morgan fingerprint density at radius 2 is 2.09 bits per heavy atom. The van der Waals surface area contributed by atoms with E-state index in [-0.39, 0.29) is 11.8 Å². The molecule has 0 amide bonds. The molecule has 1 aromatic heterocycles. The average Bonchev–Trinajstić information content (AvgIpc) is 3.02. The zero-order valence-corrected chi connectivity index (χ0v) is 14.5. The Labute approximate surface area is 142 Å². The number of ether oxygens (including phenoxy) is 3. The predicted molar refractivity (Wildman–Crippen MR) is 93.0 cm³/mol. The van der Waals surface area contributed by atoms with Crippen molar-refractivity contribution in [2.24, 2.45) is 0 Å². The maximum absolute atomic E-state index is 12.4. The summed E-state index contributed by atoms with van der Waals surface area (Å²) in [4.78, 5) is 12.4. The molecule has 1 aliphatic rings. The van der Waals surface area contributed by atoms with Gasteiger partial charge >= 0.3 is 0 Å². The minimum Gasteiger partial charge on any atom is -0.493 e. The van der Waals surface area contributed by atoms with E-state index in [9.17, 15) is 4.79 Å². The second-order valence-electron chi connectivity index (χ2n) is 5.16. The lowest BCUT2D eigenvalue weighted by Crippen LogP contribution is -2.27. The highest BCUT2D eigenvalue weighted by Gasteiger charge is 2.18. The monoisotopic (exact) mass is 415 g/mol. The third-order valence-electron chi connectivity index (χ3n) is 3.66. The van der Waals surface area contributed by atoms with Gasteiger partial charge in [0.15, 0.2) is 6.29 Å². The minimum atomic E-state index is -0.359. The van der Waals surface area contributed by atoms with Crippen molar-refractivity contribution in [3.8, 4) is 5.75 Å². The van der Waals surface area contributed by atoms with Crippen molar-refractivity contribution in [1.82, 2.24) is 4.57 Å². The van der Waals surface area contributed by atoms with Crippen molar-refractivity contribution >= 4 is 33.5 Å². The van der Waals surface area contributed by atoms with Crippen LogP contribution in [-0.2, 0) is 16.0 Å². The Hall–Kier alpha value is -1.12. The topological polar surface area (TPSA) is 49.7 Å². The molecule has 2 aromatic rings. The molecule has 3 rings (SSSR count). The van der Waals surface area contributed by atoms with E-state index in [0.29, 0.717) is 26.4 Å². The SMILES string of the molecule is Cc1cc(=O)n(CC2OCCO2)c2cc(OCCI)ccc12. The summed E-state index contributed by atoms with van der Waals surface area (Å²) in [5, 5.41) is 1.04. The lowest BCUT2D eigenvalue weighted by molar-refractivity contribution is -0.0522. The van der Waals surface area contributed by atoms with E-state index in [0.717, 1.165) is 26.6 Å². The molecule has 1 saturated heterocycles. The number of pyridine rings is 1. The van der Waals surface area contributed by atoms with Crippen LogP contribution in [0.2, 0.25) is 0 Å². The first-order valence-electron chi connectivity index (χ1n) is 7.25. The van der Waals surface area contributed by atoms with Crippen molar-refractivity contribution in [3.63, 3.8) is 0 Å². The van der Waals surface area contributed by atoms with Gasteiger partial charge in [-0.05, 0) is 24.6 Å². The molecule has 0 unspecified atom stereocenters. The van der Waals surface area contributed by atoms with Gasteiger partial charge in [0.25, 0.3) is 5.56 Å². The highest BCUT2D eigenvalue weighted by molar-refractivity contribution is 14.1. The Morgan fingerprint density at radius 3 is 2.82 bits per heavy atom. The van der Waals surface area contributed by atoms with Gasteiger partial charge < -0.3 is 18.8 Å². The zero-order chi connectivity index (χ0) is 15.5. The molecule has 1 aromatic carbocycles. The van der Waals surface area contributed by atoms with Crippen LogP contribution in [-0.4, -0.2) is 35.1 Å². The number of rotatable bonds is 5. The molecule has 22 heavy (non-hydrogen) atoms. The third kappa shape index (κ3) is 3.28. The summed E-state index contributed by atoms with van der Waals surface area (Å²) >= 11 is 2.27. The number of halogens is 1. The summed E-state index contributed by atoms with van der Waals surface area (Å²) in [5.74, 6) is 0.774.